The van der Waals surface area contributed by atoms with Crippen LogP contribution < -0.4 is 15.4 Å². The second-order valence-corrected chi connectivity index (χ2v) is 7.25. The molecule has 0 atom stereocenters. The van der Waals surface area contributed by atoms with Gasteiger partial charge < -0.3 is 10.5 Å². The van der Waals surface area contributed by atoms with E-state index in [4.69, 9.17) is 39.7 Å². The molecule has 134 valence electrons. The van der Waals surface area contributed by atoms with Crippen molar-refractivity contribution in [1.82, 2.24) is 0 Å². The summed E-state index contributed by atoms with van der Waals surface area (Å²) >= 11 is 11.0. The van der Waals surface area contributed by atoms with Gasteiger partial charge in [-0.15, -0.1) is 0 Å². The zero-order valence-electron chi connectivity index (χ0n) is 13.6. The first-order valence-corrected chi connectivity index (χ1v) is 9.05. The number of benzene rings is 1. The van der Waals surface area contributed by atoms with Gasteiger partial charge >= 0.3 is 0 Å². The van der Waals surface area contributed by atoms with Crippen molar-refractivity contribution in [3.05, 3.63) is 23.0 Å². The summed E-state index contributed by atoms with van der Waals surface area (Å²) in [5, 5.41) is 7.76. The lowest BCUT2D eigenvalue weighted by Gasteiger charge is -2.23. The number of rotatable bonds is 5. The molecule has 3 N–H and O–H groups in total. The third kappa shape index (κ3) is 3.93. The number of hydrogen-bond donors (Lipinski definition) is 2. The molecule has 2 aliphatic rings. The number of carbonyl (C=O) groups excluding carboxylic acids is 1. The van der Waals surface area contributed by atoms with Crippen molar-refractivity contribution in [3.8, 4) is 5.75 Å². The molecule has 3 rings (SSSR count). The highest BCUT2D eigenvalue weighted by atomic mass is 35.5. The highest BCUT2D eigenvalue weighted by molar-refractivity contribution is 7.80. The van der Waals surface area contributed by atoms with Crippen LogP contribution in [0.4, 0.5) is 10.1 Å². The average Bonchev–Trinajstić information content (AvgIpc) is 3.28. The number of halogens is 2. The van der Waals surface area contributed by atoms with Gasteiger partial charge in [0.05, 0.1) is 16.8 Å². The van der Waals surface area contributed by atoms with E-state index in [9.17, 15) is 9.18 Å². The third-order valence-electron chi connectivity index (χ3n) is 4.48. The molecule has 0 heterocycles. The van der Waals surface area contributed by atoms with Crippen LogP contribution in [0.15, 0.2) is 12.1 Å². The van der Waals surface area contributed by atoms with E-state index in [-0.39, 0.29) is 39.3 Å². The highest BCUT2D eigenvalue weighted by Gasteiger charge is 2.36. The lowest BCUT2D eigenvalue weighted by molar-refractivity contribution is -0.111. The molecular formula is C17H19ClFN3O2S. The average molecular weight is 384 g/mol. The van der Waals surface area contributed by atoms with E-state index in [1.165, 1.54) is 6.07 Å². The molecule has 0 radical (unpaired) electrons. The number of hydrogen-bond acceptors (Lipinski definition) is 4. The Labute approximate surface area is 155 Å². The Morgan fingerprint density at radius 3 is 2.52 bits per heavy atom. The molecule has 2 aliphatic carbocycles. The van der Waals surface area contributed by atoms with Crippen LogP contribution in [-0.2, 0) is 4.79 Å². The van der Waals surface area contributed by atoms with Crippen LogP contribution in [0.25, 0.3) is 0 Å². The monoisotopic (exact) mass is 383 g/mol. The number of anilines is 1. The molecular weight excluding hydrogens is 365 g/mol. The minimum atomic E-state index is -0.742. The zero-order valence-corrected chi connectivity index (χ0v) is 15.1. The predicted octanol–water partition coefficient (Wildman–Crippen LogP) is 3.81. The molecule has 2 saturated carbocycles. The number of carbonyl (C=O) groups is 1. The van der Waals surface area contributed by atoms with Crippen molar-refractivity contribution in [2.45, 2.75) is 44.6 Å². The smallest absolute Gasteiger partial charge is 0.278 e. The van der Waals surface area contributed by atoms with Crippen molar-refractivity contribution in [2.24, 2.45) is 11.7 Å². The fourth-order valence-corrected chi connectivity index (χ4v) is 3.34. The maximum absolute atomic E-state index is 14.5. The van der Waals surface area contributed by atoms with Crippen LogP contribution in [-0.4, -0.2) is 22.8 Å². The normalized spacial score (nSPS) is 17.4. The number of nitrogens with zero attached hydrogens (tertiary/aromatic N) is 1. The molecule has 1 aromatic rings. The van der Waals surface area contributed by atoms with Gasteiger partial charge in [-0.3, -0.25) is 10.2 Å². The molecule has 8 heteroatoms. The largest absolute Gasteiger partial charge is 0.489 e. The number of nitrogens with two attached hydrogens (primary N) is 1. The fraction of sp³-hybridized carbons (Fsp3) is 0.471. The maximum atomic E-state index is 14.5. The molecule has 0 spiro atoms. The van der Waals surface area contributed by atoms with Crippen molar-refractivity contribution in [1.29, 1.82) is 5.41 Å². The topological polar surface area (TPSA) is 79.4 Å². The summed E-state index contributed by atoms with van der Waals surface area (Å²) in [5.74, 6) is -1.26. The SMILES string of the molecule is N=C(C(=O)N(C(N)=S)c1cc(OC2CCCC2)c(Cl)cc1F)C1CC1. The molecule has 0 bridgehead atoms. The van der Waals surface area contributed by atoms with Crippen LogP contribution in [0.2, 0.25) is 5.02 Å². The van der Waals surface area contributed by atoms with Crippen LogP contribution in [0, 0.1) is 17.1 Å². The van der Waals surface area contributed by atoms with E-state index in [1.807, 2.05) is 0 Å². The highest BCUT2D eigenvalue weighted by Crippen LogP contribution is 2.36. The van der Waals surface area contributed by atoms with Crippen LogP contribution >= 0.6 is 23.8 Å². The molecule has 0 aromatic heterocycles. The van der Waals surface area contributed by atoms with E-state index in [1.54, 1.807) is 0 Å². The first kappa shape index (κ1) is 18.1. The van der Waals surface area contributed by atoms with Crippen molar-refractivity contribution >= 4 is 46.2 Å². The second-order valence-electron chi connectivity index (χ2n) is 6.43. The number of nitrogens with one attached hydrogen (secondary N) is 1. The molecule has 0 unspecified atom stereocenters. The van der Waals surface area contributed by atoms with Gasteiger partial charge in [0.15, 0.2) is 5.11 Å². The molecule has 0 aliphatic heterocycles. The van der Waals surface area contributed by atoms with E-state index in [2.05, 4.69) is 0 Å². The minimum absolute atomic E-state index is 0.0227. The van der Waals surface area contributed by atoms with Gasteiger partial charge in [-0.05, 0) is 56.8 Å². The first-order chi connectivity index (χ1) is 11.9. The number of ether oxygens (including phenoxy) is 1. The molecule has 1 aromatic carbocycles. The fourth-order valence-electron chi connectivity index (χ4n) is 2.96. The summed E-state index contributed by atoms with van der Waals surface area (Å²) in [4.78, 5) is 13.4. The first-order valence-electron chi connectivity index (χ1n) is 8.26. The summed E-state index contributed by atoms with van der Waals surface area (Å²) in [6.45, 7) is 0. The van der Waals surface area contributed by atoms with Crippen molar-refractivity contribution in [3.63, 3.8) is 0 Å². The Kier molecular flexibility index (Phi) is 5.24. The molecule has 0 saturated heterocycles. The van der Waals surface area contributed by atoms with E-state index >= 15 is 0 Å². The molecule has 1 amide bonds. The lowest BCUT2D eigenvalue weighted by atomic mass is 10.2. The second kappa shape index (κ2) is 7.25. The molecule has 2 fully saturated rings. The Hall–Kier alpha value is -1.73. The number of thiocarbonyl (C=S) groups is 1. The Bertz CT molecular complexity index is 733. The maximum Gasteiger partial charge on any atom is 0.278 e. The van der Waals surface area contributed by atoms with Gasteiger partial charge in [-0.25, -0.2) is 9.29 Å². The Morgan fingerprint density at radius 1 is 1.32 bits per heavy atom. The minimum Gasteiger partial charge on any atom is -0.489 e. The summed E-state index contributed by atoms with van der Waals surface area (Å²) in [7, 11) is 0. The van der Waals surface area contributed by atoms with Gasteiger partial charge in [0.2, 0.25) is 0 Å². The van der Waals surface area contributed by atoms with Crippen LogP contribution in [0.1, 0.15) is 38.5 Å². The Morgan fingerprint density at radius 2 is 1.96 bits per heavy atom. The van der Waals surface area contributed by atoms with Gasteiger partial charge in [-0.1, -0.05) is 11.6 Å². The van der Waals surface area contributed by atoms with Crippen LogP contribution in [0.3, 0.4) is 0 Å². The molecule has 25 heavy (non-hydrogen) atoms. The molecule has 5 nitrogen and oxygen atoms in total. The van der Waals surface area contributed by atoms with Crippen LogP contribution in [0.5, 0.6) is 5.75 Å². The third-order valence-corrected chi connectivity index (χ3v) is 4.96. The van der Waals surface area contributed by atoms with Gasteiger partial charge in [0.1, 0.15) is 17.3 Å². The van der Waals surface area contributed by atoms with Gasteiger partial charge in [0, 0.05) is 12.0 Å². The summed E-state index contributed by atoms with van der Waals surface area (Å²) in [5.41, 5.74) is 5.40. The van der Waals surface area contributed by atoms with Crippen molar-refractivity contribution in [2.75, 3.05) is 4.90 Å². The van der Waals surface area contributed by atoms with E-state index < -0.39 is 11.7 Å². The Balaban J connectivity index is 1.92. The predicted molar refractivity (Wildman–Crippen MR) is 99.0 cm³/mol. The van der Waals surface area contributed by atoms with E-state index in [0.29, 0.717) is 0 Å². The van der Waals surface area contributed by atoms with Gasteiger partial charge in [-0.2, -0.15) is 0 Å². The summed E-state index contributed by atoms with van der Waals surface area (Å²) in [6.07, 6.45) is 5.54. The lowest BCUT2D eigenvalue weighted by Crippen LogP contribution is -2.45. The zero-order chi connectivity index (χ0) is 18.1. The van der Waals surface area contributed by atoms with Crippen molar-refractivity contribution < 1.29 is 13.9 Å². The van der Waals surface area contributed by atoms with Gasteiger partial charge in [0.25, 0.3) is 5.91 Å². The summed E-state index contributed by atoms with van der Waals surface area (Å²) < 4.78 is 20.3. The standard InChI is InChI=1S/C17H19ClFN3O2S/c18-11-7-12(19)13(8-14(11)24-10-3-1-2-4-10)22(17(21)25)16(23)15(20)9-5-6-9/h7-10,20H,1-6H2,(H2,21,25). The number of amides is 1. The quantitative estimate of drug-likeness (QED) is 0.598. The van der Waals surface area contributed by atoms with E-state index in [0.717, 1.165) is 49.5 Å². The summed E-state index contributed by atoms with van der Waals surface area (Å²) in [6, 6.07) is 2.42.